The lowest BCUT2D eigenvalue weighted by Crippen LogP contribution is -2.54. The number of nitrogens with one attached hydrogen (secondary N) is 1. The number of piperidine rings is 1. The maximum atomic E-state index is 3.65. The van der Waals surface area contributed by atoms with Crippen LogP contribution in [-0.4, -0.2) is 72.7 Å². The Kier molecular flexibility index (Phi) is 6.46. The smallest absolute Gasteiger partial charge is 0.0120 e. The van der Waals surface area contributed by atoms with Gasteiger partial charge in [0.2, 0.25) is 0 Å². The van der Waals surface area contributed by atoms with E-state index in [0.29, 0.717) is 0 Å². The van der Waals surface area contributed by atoms with Gasteiger partial charge < -0.3 is 10.2 Å². The first-order valence-electron chi connectivity index (χ1n) is 8.00. The maximum Gasteiger partial charge on any atom is 0.0120 e. The predicted molar refractivity (Wildman–Crippen MR) is 86.0 cm³/mol. The van der Waals surface area contributed by atoms with E-state index in [-0.39, 0.29) is 0 Å². The van der Waals surface area contributed by atoms with Gasteiger partial charge in [-0.25, -0.2) is 0 Å². The molecule has 4 heteroatoms. The number of likely N-dealkylation sites (tertiary alicyclic amines) is 1. The van der Waals surface area contributed by atoms with Crippen molar-refractivity contribution >= 4 is 11.8 Å². The van der Waals surface area contributed by atoms with E-state index in [0.717, 1.165) is 24.5 Å². The van der Waals surface area contributed by atoms with Crippen LogP contribution < -0.4 is 5.32 Å². The van der Waals surface area contributed by atoms with Gasteiger partial charge in [-0.05, 0) is 32.4 Å². The molecule has 0 aliphatic carbocycles. The third kappa shape index (κ3) is 4.35. The topological polar surface area (TPSA) is 18.5 Å². The third-order valence-electron chi connectivity index (χ3n) is 4.97. The molecule has 0 saturated carbocycles. The van der Waals surface area contributed by atoms with E-state index in [4.69, 9.17) is 0 Å². The molecule has 0 spiro atoms. The SMILES string of the molecule is CCNC1CCN(CCN2CCSCC2)C(C)C1C. The first-order chi connectivity index (χ1) is 9.22. The molecule has 2 fully saturated rings. The van der Waals surface area contributed by atoms with Crippen LogP contribution in [-0.2, 0) is 0 Å². The van der Waals surface area contributed by atoms with Gasteiger partial charge in [0, 0.05) is 49.8 Å². The van der Waals surface area contributed by atoms with Gasteiger partial charge in [-0.15, -0.1) is 0 Å². The molecule has 3 unspecified atom stereocenters. The summed E-state index contributed by atoms with van der Waals surface area (Å²) < 4.78 is 0. The summed E-state index contributed by atoms with van der Waals surface area (Å²) in [7, 11) is 0. The molecule has 2 saturated heterocycles. The quantitative estimate of drug-likeness (QED) is 0.829. The van der Waals surface area contributed by atoms with Gasteiger partial charge in [0.25, 0.3) is 0 Å². The van der Waals surface area contributed by atoms with Crippen LogP contribution in [0.1, 0.15) is 27.2 Å². The van der Waals surface area contributed by atoms with Crippen molar-refractivity contribution in [2.45, 2.75) is 39.3 Å². The molecule has 1 N–H and O–H groups in total. The summed E-state index contributed by atoms with van der Waals surface area (Å²) in [5.41, 5.74) is 0. The van der Waals surface area contributed by atoms with E-state index in [2.05, 4.69) is 47.6 Å². The average Bonchev–Trinajstić information content (AvgIpc) is 2.44. The van der Waals surface area contributed by atoms with Crippen LogP contribution >= 0.6 is 11.8 Å². The fourth-order valence-corrected chi connectivity index (χ4v) is 4.38. The van der Waals surface area contributed by atoms with Crippen molar-refractivity contribution in [1.82, 2.24) is 15.1 Å². The fraction of sp³-hybridized carbons (Fsp3) is 1.00. The van der Waals surface area contributed by atoms with Crippen molar-refractivity contribution in [3.63, 3.8) is 0 Å². The zero-order valence-corrected chi connectivity index (χ0v) is 13.7. The lowest BCUT2D eigenvalue weighted by Gasteiger charge is -2.43. The van der Waals surface area contributed by atoms with Gasteiger partial charge in [-0.1, -0.05) is 13.8 Å². The molecular weight excluding hydrogens is 254 g/mol. The molecule has 0 aromatic carbocycles. The molecule has 0 radical (unpaired) electrons. The molecule has 3 atom stereocenters. The van der Waals surface area contributed by atoms with Crippen LogP contribution in [0.4, 0.5) is 0 Å². The minimum Gasteiger partial charge on any atom is -0.314 e. The van der Waals surface area contributed by atoms with E-state index < -0.39 is 0 Å². The lowest BCUT2D eigenvalue weighted by molar-refractivity contribution is 0.0755. The molecule has 0 aromatic rings. The minimum absolute atomic E-state index is 0.719. The Morgan fingerprint density at radius 2 is 1.84 bits per heavy atom. The second-order valence-corrected chi connectivity index (χ2v) is 7.27. The molecular formula is C15H31N3S. The van der Waals surface area contributed by atoms with Crippen molar-refractivity contribution < 1.29 is 0 Å². The number of nitrogens with zero attached hydrogens (tertiary/aromatic N) is 2. The molecule has 3 nitrogen and oxygen atoms in total. The summed E-state index contributed by atoms with van der Waals surface area (Å²) in [6.07, 6.45) is 1.31. The maximum absolute atomic E-state index is 3.65. The normalized spacial score (nSPS) is 34.6. The average molecular weight is 286 g/mol. The number of rotatable bonds is 5. The highest BCUT2D eigenvalue weighted by Crippen LogP contribution is 2.23. The van der Waals surface area contributed by atoms with Crippen LogP contribution in [0.15, 0.2) is 0 Å². The highest BCUT2D eigenvalue weighted by atomic mass is 32.2. The number of hydrogen-bond donors (Lipinski definition) is 1. The molecule has 0 aromatic heterocycles. The summed E-state index contributed by atoms with van der Waals surface area (Å²) in [6.45, 7) is 14.5. The Morgan fingerprint density at radius 3 is 2.53 bits per heavy atom. The van der Waals surface area contributed by atoms with E-state index in [1.807, 2.05) is 0 Å². The standard InChI is InChI=1S/C15H31N3S/c1-4-16-15-5-6-18(14(3)13(15)2)8-7-17-9-11-19-12-10-17/h13-16H,4-12H2,1-3H3. The molecule has 2 aliphatic heterocycles. The van der Waals surface area contributed by atoms with E-state index in [1.165, 1.54) is 50.7 Å². The lowest BCUT2D eigenvalue weighted by atomic mass is 9.87. The first kappa shape index (κ1) is 15.6. The monoisotopic (exact) mass is 285 g/mol. The van der Waals surface area contributed by atoms with Crippen LogP contribution in [0, 0.1) is 5.92 Å². The third-order valence-corrected chi connectivity index (χ3v) is 5.91. The van der Waals surface area contributed by atoms with E-state index >= 15 is 0 Å². The van der Waals surface area contributed by atoms with Gasteiger partial charge >= 0.3 is 0 Å². The van der Waals surface area contributed by atoms with Crippen molar-refractivity contribution in [2.75, 3.05) is 50.8 Å². The summed E-state index contributed by atoms with van der Waals surface area (Å²) in [5.74, 6) is 3.42. The molecule has 0 amide bonds. The van der Waals surface area contributed by atoms with Gasteiger partial charge in [0.15, 0.2) is 0 Å². The molecule has 19 heavy (non-hydrogen) atoms. The first-order valence-corrected chi connectivity index (χ1v) is 9.15. The summed E-state index contributed by atoms with van der Waals surface area (Å²) in [6, 6.07) is 1.44. The van der Waals surface area contributed by atoms with Gasteiger partial charge in [-0.2, -0.15) is 11.8 Å². The largest absolute Gasteiger partial charge is 0.314 e. The minimum atomic E-state index is 0.719. The summed E-state index contributed by atoms with van der Waals surface area (Å²) >= 11 is 2.10. The zero-order chi connectivity index (χ0) is 13.7. The van der Waals surface area contributed by atoms with Crippen LogP contribution in [0.3, 0.4) is 0 Å². The Morgan fingerprint density at radius 1 is 1.11 bits per heavy atom. The summed E-state index contributed by atoms with van der Waals surface area (Å²) in [5, 5.41) is 3.65. The van der Waals surface area contributed by atoms with Crippen molar-refractivity contribution in [3.8, 4) is 0 Å². The second-order valence-electron chi connectivity index (χ2n) is 6.04. The Bertz CT molecular complexity index is 256. The number of thioether (sulfide) groups is 1. The Hall–Kier alpha value is 0.230. The Balaban J connectivity index is 1.75. The fourth-order valence-electron chi connectivity index (χ4n) is 3.40. The van der Waals surface area contributed by atoms with Gasteiger partial charge in [-0.3, -0.25) is 4.90 Å². The van der Waals surface area contributed by atoms with Crippen LogP contribution in [0.5, 0.6) is 0 Å². The molecule has 0 bridgehead atoms. The molecule has 112 valence electrons. The Labute approximate surface area is 123 Å². The van der Waals surface area contributed by atoms with Gasteiger partial charge in [0.1, 0.15) is 0 Å². The molecule has 2 aliphatic rings. The predicted octanol–water partition coefficient (Wildman–Crippen LogP) is 1.74. The van der Waals surface area contributed by atoms with E-state index in [1.54, 1.807) is 0 Å². The molecule has 2 rings (SSSR count). The van der Waals surface area contributed by atoms with E-state index in [9.17, 15) is 0 Å². The highest BCUT2D eigenvalue weighted by Gasteiger charge is 2.31. The van der Waals surface area contributed by atoms with Crippen molar-refractivity contribution in [3.05, 3.63) is 0 Å². The van der Waals surface area contributed by atoms with Crippen molar-refractivity contribution in [1.29, 1.82) is 0 Å². The van der Waals surface area contributed by atoms with Crippen LogP contribution in [0.25, 0.3) is 0 Å². The summed E-state index contributed by atoms with van der Waals surface area (Å²) in [4.78, 5) is 5.35. The van der Waals surface area contributed by atoms with Gasteiger partial charge in [0.05, 0.1) is 0 Å². The molecule has 2 heterocycles. The van der Waals surface area contributed by atoms with Crippen molar-refractivity contribution in [2.24, 2.45) is 5.92 Å². The van der Waals surface area contributed by atoms with Crippen LogP contribution in [0.2, 0.25) is 0 Å². The highest BCUT2D eigenvalue weighted by molar-refractivity contribution is 7.99. The number of hydrogen-bond acceptors (Lipinski definition) is 4. The second kappa shape index (κ2) is 7.87. The zero-order valence-electron chi connectivity index (χ0n) is 12.9.